The van der Waals surface area contributed by atoms with E-state index >= 15 is 4.39 Å². The number of halogens is 5. The molecule has 0 unspecified atom stereocenters. The van der Waals surface area contributed by atoms with Crippen LogP contribution in [0.1, 0.15) is 25.3 Å². The maximum absolute atomic E-state index is 15.2. The first-order valence-corrected chi connectivity index (χ1v) is 13.1. The Hall–Kier alpha value is -3.07. The predicted molar refractivity (Wildman–Crippen MR) is 129 cm³/mol. The Bertz CT molecular complexity index is 1480. The van der Waals surface area contributed by atoms with Crippen LogP contribution >= 0.6 is 11.6 Å². The normalized spacial score (nSPS) is 17.8. The van der Waals surface area contributed by atoms with Gasteiger partial charge in [0.2, 0.25) is 17.6 Å². The number of anilines is 1. The molecule has 1 aliphatic rings. The summed E-state index contributed by atoms with van der Waals surface area (Å²) in [6.07, 6.45) is -4.50. The highest BCUT2D eigenvalue weighted by molar-refractivity contribution is 7.91. The van der Waals surface area contributed by atoms with E-state index in [9.17, 15) is 26.4 Å². The topological polar surface area (TPSA) is 131 Å². The quantitative estimate of drug-likeness (QED) is 0.427. The Labute approximate surface area is 219 Å². The van der Waals surface area contributed by atoms with Crippen LogP contribution < -0.4 is 16.0 Å². The molecule has 0 saturated carbocycles. The van der Waals surface area contributed by atoms with E-state index in [2.05, 4.69) is 15.5 Å². The largest absolute Gasteiger partial charge is 0.401 e. The molecule has 2 aromatic carbocycles. The third-order valence-corrected chi connectivity index (χ3v) is 7.89. The van der Waals surface area contributed by atoms with E-state index in [4.69, 9.17) is 21.9 Å². The molecule has 2 heterocycles. The van der Waals surface area contributed by atoms with Crippen molar-refractivity contribution in [3.05, 3.63) is 58.7 Å². The summed E-state index contributed by atoms with van der Waals surface area (Å²) in [4.78, 5) is 17.9. The number of carbonyl (C=O) groups is 1. The number of nitrogens with zero attached hydrogens (tertiary/aromatic N) is 3. The molecule has 3 aromatic rings. The minimum Gasteiger partial charge on any atom is -0.337 e. The first-order chi connectivity index (χ1) is 17.6. The minimum atomic E-state index is -4.50. The first kappa shape index (κ1) is 28.0. The van der Waals surface area contributed by atoms with Crippen LogP contribution in [0.5, 0.6) is 0 Å². The smallest absolute Gasteiger partial charge is 0.337 e. The van der Waals surface area contributed by atoms with Crippen LogP contribution in [0, 0.1) is 5.82 Å². The Morgan fingerprint density at radius 1 is 1.21 bits per heavy atom. The number of benzene rings is 2. The van der Waals surface area contributed by atoms with E-state index in [-0.39, 0.29) is 29.5 Å². The SMILES string of the molecule is CC(C)(NCC(F)(F)F)c1nc(-c2cc3c(cc2F)S(=O)(=O)C[C@H](N)C(=O)N3Cc2ccc(Cl)cc2)no1. The average Bonchev–Trinajstić information content (AvgIpc) is 3.30. The van der Waals surface area contributed by atoms with E-state index in [1.165, 1.54) is 13.8 Å². The molecule has 1 aliphatic heterocycles. The van der Waals surface area contributed by atoms with E-state index < -0.39 is 56.5 Å². The third kappa shape index (κ3) is 5.82. The van der Waals surface area contributed by atoms with E-state index in [0.29, 0.717) is 10.6 Å². The van der Waals surface area contributed by atoms with Gasteiger partial charge in [-0.1, -0.05) is 28.9 Å². The summed E-state index contributed by atoms with van der Waals surface area (Å²) in [5, 5.41) is 6.37. The number of nitrogens with two attached hydrogens (primary N) is 1. The predicted octanol–water partition coefficient (Wildman–Crippen LogP) is 3.56. The van der Waals surface area contributed by atoms with Gasteiger partial charge in [-0.25, -0.2) is 12.8 Å². The van der Waals surface area contributed by atoms with Gasteiger partial charge in [-0.2, -0.15) is 18.2 Å². The summed E-state index contributed by atoms with van der Waals surface area (Å²) >= 11 is 5.93. The van der Waals surface area contributed by atoms with Gasteiger partial charge in [0.1, 0.15) is 5.82 Å². The molecule has 0 saturated heterocycles. The molecule has 1 atom stereocenters. The third-order valence-electron chi connectivity index (χ3n) is 5.84. The van der Waals surface area contributed by atoms with Crippen molar-refractivity contribution in [3.8, 4) is 11.4 Å². The van der Waals surface area contributed by atoms with Gasteiger partial charge in [-0.05, 0) is 43.7 Å². The number of aromatic nitrogens is 2. The van der Waals surface area contributed by atoms with Gasteiger partial charge in [0.05, 0.1) is 46.6 Å². The Morgan fingerprint density at radius 3 is 2.50 bits per heavy atom. The molecule has 204 valence electrons. The van der Waals surface area contributed by atoms with Crippen LogP contribution in [0.25, 0.3) is 11.4 Å². The molecule has 3 N–H and O–H groups in total. The number of amides is 1. The highest BCUT2D eigenvalue weighted by atomic mass is 35.5. The molecule has 0 fully saturated rings. The number of hydrogen-bond donors (Lipinski definition) is 2. The van der Waals surface area contributed by atoms with Crippen LogP contribution in [-0.2, 0) is 26.7 Å². The molecule has 0 radical (unpaired) electrons. The fraction of sp³-hybridized carbons (Fsp3) is 0.348. The van der Waals surface area contributed by atoms with Crippen molar-refractivity contribution >= 4 is 33.0 Å². The van der Waals surface area contributed by atoms with Crippen molar-refractivity contribution in [1.82, 2.24) is 15.5 Å². The number of carbonyl (C=O) groups excluding carboxylic acids is 1. The second-order valence-electron chi connectivity index (χ2n) is 9.26. The van der Waals surface area contributed by atoms with Crippen molar-refractivity contribution in [2.75, 3.05) is 17.2 Å². The number of nitrogens with one attached hydrogen (secondary N) is 1. The van der Waals surface area contributed by atoms with Crippen LogP contribution in [-0.4, -0.2) is 49.0 Å². The Balaban J connectivity index is 1.79. The summed E-state index contributed by atoms with van der Waals surface area (Å²) in [6.45, 7) is 1.28. The lowest BCUT2D eigenvalue weighted by molar-refractivity contribution is -0.129. The molecular formula is C23H22ClF4N5O4S. The molecule has 0 aliphatic carbocycles. The monoisotopic (exact) mass is 575 g/mol. The number of sulfone groups is 1. The highest BCUT2D eigenvalue weighted by Gasteiger charge is 2.38. The van der Waals surface area contributed by atoms with Gasteiger partial charge in [0.15, 0.2) is 9.84 Å². The van der Waals surface area contributed by atoms with Gasteiger partial charge < -0.3 is 15.2 Å². The fourth-order valence-electron chi connectivity index (χ4n) is 3.81. The van der Waals surface area contributed by atoms with Crippen molar-refractivity contribution in [2.45, 2.75) is 43.0 Å². The summed E-state index contributed by atoms with van der Waals surface area (Å²) < 4.78 is 84.3. The summed E-state index contributed by atoms with van der Waals surface area (Å²) in [5.41, 5.74) is 4.55. The van der Waals surface area contributed by atoms with Gasteiger partial charge in [-0.3, -0.25) is 10.1 Å². The molecule has 1 amide bonds. The standard InChI is InChI=1S/C23H22ClF4N5O4S/c1-22(2,30-11-23(26,27)28)21-31-19(32-37-21)14-7-17-18(8-15(14)25)38(35,36)10-16(29)20(34)33(17)9-12-3-5-13(24)6-4-12/h3-8,16,30H,9-11,29H2,1-2H3/t16-/m0/s1. The average molecular weight is 576 g/mol. The maximum atomic E-state index is 15.2. The van der Waals surface area contributed by atoms with E-state index in [1.807, 2.05) is 0 Å². The zero-order valence-corrected chi connectivity index (χ0v) is 21.6. The second kappa shape index (κ2) is 9.91. The van der Waals surface area contributed by atoms with E-state index in [0.717, 1.165) is 17.0 Å². The molecule has 1 aromatic heterocycles. The fourth-order valence-corrected chi connectivity index (χ4v) is 5.50. The summed E-state index contributed by atoms with van der Waals surface area (Å²) in [7, 11) is -4.18. The summed E-state index contributed by atoms with van der Waals surface area (Å²) in [6, 6.07) is 6.84. The molecule has 9 nitrogen and oxygen atoms in total. The molecule has 0 spiro atoms. The molecule has 38 heavy (non-hydrogen) atoms. The van der Waals surface area contributed by atoms with Crippen molar-refractivity contribution in [3.63, 3.8) is 0 Å². The zero-order valence-electron chi connectivity index (χ0n) is 20.0. The van der Waals surface area contributed by atoms with Crippen molar-refractivity contribution < 1.29 is 35.3 Å². The molecular weight excluding hydrogens is 554 g/mol. The summed E-state index contributed by atoms with van der Waals surface area (Å²) in [5.74, 6) is -3.12. The van der Waals surface area contributed by atoms with Gasteiger partial charge >= 0.3 is 6.18 Å². The zero-order chi connectivity index (χ0) is 28.0. The first-order valence-electron chi connectivity index (χ1n) is 11.1. The van der Waals surface area contributed by atoms with Crippen molar-refractivity contribution in [2.24, 2.45) is 5.73 Å². The van der Waals surface area contributed by atoms with Crippen molar-refractivity contribution in [1.29, 1.82) is 0 Å². The second-order valence-corrected chi connectivity index (χ2v) is 11.7. The van der Waals surface area contributed by atoms with Gasteiger partial charge in [0.25, 0.3) is 0 Å². The van der Waals surface area contributed by atoms with Crippen LogP contribution in [0.15, 0.2) is 45.8 Å². The van der Waals surface area contributed by atoms with Gasteiger partial charge in [0, 0.05) is 5.02 Å². The minimum absolute atomic E-state index is 0.108. The lowest BCUT2D eigenvalue weighted by Gasteiger charge is -2.24. The number of hydrogen-bond acceptors (Lipinski definition) is 8. The molecule has 15 heteroatoms. The Kier molecular flexibility index (Phi) is 7.29. The Morgan fingerprint density at radius 2 is 1.87 bits per heavy atom. The number of fused-ring (bicyclic) bond motifs is 1. The molecule has 4 rings (SSSR count). The molecule has 0 bridgehead atoms. The van der Waals surface area contributed by atoms with Crippen LogP contribution in [0.2, 0.25) is 5.02 Å². The number of rotatable bonds is 6. The van der Waals surface area contributed by atoms with Crippen LogP contribution in [0.4, 0.5) is 23.2 Å². The lowest BCUT2D eigenvalue weighted by atomic mass is 10.1. The highest BCUT2D eigenvalue weighted by Crippen LogP contribution is 2.37. The lowest BCUT2D eigenvalue weighted by Crippen LogP contribution is -2.45. The maximum Gasteiger partial charge on any atom is 0.401 e. The van der Waals surface area contributed by atoms with E-state index in [1.54, 1.807) is 24.3 Å². The van der Waals surface area contributed by atoms with Gasteiger partial charge in [-0.15, -0.1) is 0 Å². The van der Waals surface area contributed by atoms with Crippen LogP contribution in [0.3, 0.4) is 0 Å². The number of alkyl halides is 3.